The number of benzene rings is 1. The van der Waals surface area contributed by atoms with Crippen LogP contribution in [0.5, 0.6) is 0 Å². The van der Waals surface area contributed by atoms with Crippen molar-refractivity contribution in [3.8, 4) is 0 Å². The van der Waals surface area contributed by atoms with Gasteiger partial charge in [-0.3, -0.25) is 4.57 Å². The van der Waals surface area contributed by atoms with Crippen molar-refractivity contribution < 1.29 is 22.8 Å². The first-order valence-electron chi connectivity index (χ1n) is 7.39. The molecule has 0 heterocycles. The van der Waals surface area contributed by atoms with E-state index in [4.69, 9.17) is 4.52 Å². The lowest BCUT2D eigenvalue weighted by Crippen LogP contribution is -2.19. The van der Waals surface area contributed by atoms with Crippen LogP contribution in [0.4, 0.5) is 8.78 Å². The first-order valence-corrected chi connectivity index (χ1v) is 10.9. The predicted molar refractivity (Wildman–Crippen MR) is 95.4 cm³/mol. The summed E-state index contributed by atoms with van der Waals surface area (Å²) in [6.07, 6.45) is 2.33. The molecule has 1 aromatic rings. The van der Waals surface area contributed by atoms with Gasteiger partial charge in [0.05, 0.1) is 6.10 Å². The van der Waals surface area contributed by atoms with Gasteiger partial charge < -0.3 is 9.42 Å². The lowest BCUT2D eigenvalue weighted by atomic mass is 10.1. The van der Waals surface area contributed by atoms with Crippen LogP contribution >= 0.6 is 39.5 Å². The van der Waals surface area contributed by atoms with E-state index >= 15 is 0 Å². The number of hydrogen-bond acceptors (Lipinski definition) is 2. The van der Waals surface area contributed by atoms with Gasteiger partial charge in [0, 0.05) is 15.4 Å². The Morgan fingerprint density at radius 1 is 1.39 bits per heavy atom. The Hall–Kier alpha value is 0.190. The summed E-state index contributed by atoms with van der Waals surface area (Å²) < 4.78 is 45.7. The Bertz CT molecular complexity index is 570. The van der Waals surface area contributed by atoms with Crippen molar-refractivity contribution in [2.45, 2.75) is 51.3 Å². The van der Waals surface area contributed by atoms with E-state index < -0.39 is 24.9 Å². The number of unbranched alkanes of at least 4 members (excludes halogenated alkanes) is 1. The zero-order valence-corrected chi connectivity index (χ0v) is 17.1. The number of aryl methyl sites for hydroxylation is 1. The summed E-state index contributed by atoms with van der Waals surface area (Å²) in [5, 5.41) is 0.894. The molecule has 0 aromatic heterocycles. The third kappa shape index (κ3) is 5.60. The molecule has 2 unspecified atom stereocenters. The maximum absolute atomic E-state index is 14.5. The van der Waals surface area contributed by atoms with E-state index in [1.807, 2.05) is 0 Å². The summed E-state index contributed by atoms with van der Waals surface area (Å²) in [6, 6.07) is 4.32. The molecule has 0 amide bonds. The van der Waals surface area contributed by atoms with Crippen LogP contribution in [0.3, 0.4) is 0 Å². The molecular formula is C15H21Br2F2O3P. The smallest absolute Gasteiger partial charge is 0.320 e. The summed E-state index contributed by atoms with van der Waals surface area (Å²) >= 11 is 6.43. The van der Waals surface area contributed by atoms with Crippen LogP contribution in [0.15, 0.2) is 22.7 Å². The fraction of sp³-hybridized carbons (Fsp3) is 0.600. The van der Waals surface area contributed by atoms with Gasteiger partial charge in [0.25, 0.3) is 0 Å². The second-order valence-electron chi connectivity index (χ2n) is 5.35. The topological polar surface area (TPSA) is 46.5 Å². The van der Waals surface area contributed by atoms with E-state index in [2.05, 4.69) is 31.9 Å². The first kappa shape index (κ1) is 21.2. The maximum atomic E-state index is 14.5. The van der Waals surface area contributed by atoms with Crippen LogP contribution < -0.4 is 0 Å². The molecule has 23 heavy (non-hydrogen) atoms. The molecule has 0 aliphatic rings. The molecule has 0 saturated heterocycles. The van der Waals surface area contributed by atoms with Crippen molar-refractivity contribution in [2.75, 3.05) is 5.33 Å². The first-order chi connectivity index (χ1) is 10.7. The molecule has 0 radical (unpaired) electrons. The number of halogens is 4. The van der Waals surface area contributed by atoms with Gasteiger partial charge in [0.15, 0.2) is 0 Å². The molecule has 1 aromatic carbocycles. The highest BCUT2D eigenvalue weighted by Gasteiger charge is 2.54. The zero-order valence-electron chi connectivity index (χ0n) is 13.1. The van der Waals surface area contributed by atoms with E-state index in [9.17, 15) is 18.2 Å². The molecule has 3 nitrogen and oxygen atoms in total. The van der Waals surface area contributed by atoms with Crippen LogP contribution in [0.25, 0.3) is 0 Å². The van der Waals surface area contributed by atoms with E-state index in [0.29, 0.717) is 6.42 Å². The van der Waals surface area contributed by atoms with Crippen LogP contribution in [-0.4, -0.2) is 16.3 Å². The summed E-state index contributed by atoms with van der Waals surface area (Å²) in [5.74, 6) is 0. The number of hydrogen-bond donors (Lipinski definition) is 1. The summed E-state index contributed by atoms with van der Waals surface area (Å²) in [7, 11) is -5.13. The molecule has 132 valence electrons. The third-order valence-electron chi connectivity index (χ3n) is 3.46. The van der Waals surface area contributed by atoms with E-state index in [0.717, 1.165) is 30.2 Å². The molecule has 1 rings (SSSR count). The molecular weight excluding hydrogens is 457 g/mol. The van der Waals surface area contributed by atoms with Crippen molar-refractivity contribution in [3.63, 3.8) is 0 Å². The normalized spacial score (nSPS) is 16.1. The van der Waals surface area contributed by atoms with E-state index in [1.165, 1.54) is 13.0 Å². The molecule has 1 N–H and O–H groups in total. The molecule has 0 spiro atoms. The van der Waals surface area contributed by atoms with Gasteiger partial charge in [-0.15, -0.1) is 0 Å². The van der Waals surface area contributed by atoms with Crippen molar-refractivity contribution in [2.24, 2.45) is 0 Å². The molecule has 0 aliphatic carbocycles. The number of alkyl halides is 3. The summed E-state index contributed by atoms with van der Waals surface area (Å²) in [6.45, 7) is 3.18. The van der Waals surface area contributed by atoms with Gasteiger partial charge >= 0.3 is 13.3 Å². The monoisotopic (exact) mass is 476 g/mol. The third-order valence-corrected chi connectivity index (χ3v) is 6.27. The highest BCUT2D eigenvalue weighted by molar-refractivity contribution is 9.10. The zero-order chi connectivity index (χ0) is 17.7. The Labute approximate surface area is 152 Å². The van der Waals surface area contributed by atoms with Gasteiger partial charge in [-0.05, 0) is 44.2 Å². The van der Waals surface area contributed by atoms with Crippen molar-refractivity contribution in [1.82, 2.24) is 0 Å². The fourth-order valence-electron chi connectivity index (χ4n) is 1.92. The summed E-state index contributed by atoms with van der Waals surface area (Å²) in [4.78, 5) is 9.72. The Morgan fingerprint density at radius 2 is 2.04 bits per heavy atom. The average molecular weight is 478 g/mol. The minimum absolute atomic E-state index is 0.112. The maximum Gasteiger partial charge on any atom is 0.402 e. The Balaban J connectivity index is 3.01. The average Bonchev–Trinajstić information content (AvgIpc) is 2.46. The highest BCUT2D eigenvalue weighted by atomic mass is 79.9. The standard InChI is InChI=1S/C15H21Br2F2O3P/c1-3-11(2)22-23(20,21)15(18,19)13-8-7-12(10-14(13)17)6-4-5-9-16/h7-8,10-11H,3-6,9H2,1-2H3,(H,20,21). The largest absolute Gasteiger partial charge is 0.402 e. The molecule has 0 fully saturated rings. The van der Waals surface area contributed by atoms with Gasteiger partial charge in [-0.1, -0.05) is 50.9 Å². The fourth-order valence-corrected chi connectivity index (χ4v) is 4.41. The molecule has 8 heteroatoms. The van der Waals surface area contributed by atoms with Crippen LogP contribution in [0.1, 0.15) is 44.2 Å². The van der Waals surface area contributed by atoms with Crippen molar-refractivity contribution in [3.05, 3.63) is 33.8 Å². The van der Waals surface area contributed by atoms with Gasteiger partial charge in [0.1, 0.15) is 0 Å². The van der Waals surface area contributed by atoms with Gasteiger partial charge in [0.2, 0.25) is 0 Å². The minimum Gasteiger partial charge on any atom is -0.320 e. The van der Waals surface area contributed by atoms with Crippen molar-refractivity contribution >= 4 is 39.5 Å². The summed E-state index contributed by atoms with van der Waals surface area (Å²) in [5.41, 5.74) is -3.60. The minimum atomic E-state index is -5.13. The molecule has 0 aliphatic heterocycles. The van der Waals surface area contributed by atoms with E-state index in [-0.39, 0.29) is 4.47 Å². The molecule has 0 saturated carbocycles. The Morgan fingerprint density at radius 3 is 2.57 bits per heavy atom. The predicted octanol–water partition coefficient (Wildman–Crippen LogP) is 6.22. The van der Waals surface area contributed by atoms with Crippen LogP contribution in [0.2, 0.25) is 0 Å². The Kier molecular flexibility index (Phi) is 8.35. The van der Waals surface area contributed by atoms with Crippen molar-refractivity contribution in [1.29, 1.82) is 0 Å². The quantitative estimate of drug-likeness (QED) is 0.261. The highest BCUT2D eigenvalue weighted by Crippen LogP contribution is 2.64. The van der Waals surface area contributed by atoms with E-state index in [1.54, 1.807) is 19.1 Å². The second-order valence-corrected chi connectivity index (χ2v) is 8.81. The van der Waals surface area contributed by atoms with Crippen LogP contribution in [0, 0.1) is 0 Å². The lowest BCUT2D eigenvalue weighted by molar-refractivity contribution is 0.0341. The SMILES string of the molecule is CCC(C)OP(=O)(O)C(F)(F)c1ccc(CCCCBr)cc1Br. The number of rotatable bonds is 9. The molecule has 2 atom stereocenters. The van der Waals surface area contributed by atoms with Crippen LogP contribution in [-0.2, 0) is 21.2 Å². The second kappa shape index (κ2) is 9.04. The van der Waals surface area contributed by atoms with Gasteiger partial charge in [-0.25, -0.2) is 0 Å². The molecule has 0 bridgehead atoms. The van der Waals surface area contributed by atoms with Gasteiger partial charge in [-0.2, -0.15) is 8.78 Å². The lowest BCUT2D eigenvalue weighted by Gasteiger charge is -2.25.